The Morgan fingerprint density at radius 3 is 2.37 bits per heavy atom. The molecule has 0 aliphatic heterocycles. The summed E-state index contributed by atoms with van der Waals surface area (Å²) in [5, 5.41) is 17.5. The molecule has 30 heavy (non-hydrogen) atoms. The molecule has 0 aliphatic rings. The van der Waals surface area contributed by atoms with Gasteiger partial charge in [-0.05, 0) is 61.0 Å². The Kier molecular flexibility index (Phi) is 6.80. The van der Waals surface area contributed by atoms with E-state index in [1.807, 2.05) is 43.3 Å². The second-order valence-corrected chi connectivity index (χ2v) is 6.84. The summed E-state index contributed by atoms with van der Waals surface area (Å²) in [6, 6.07) is 23.7. The second-order valence-electron chi connectivity index (χ2n) is 6.84. The number of nitriles is 1. The molecule has 0 radical (unpaired) electrons. The van der Waals surface area contributed by atoms with E-state index in [0.29, 0.717) is 23.4 Å². The van der Waals surface area contributed by atoms with E-state index in [0.717, 1.165) is 16.8 Å². The van der Waals surface area contributed by atoms with Gasteiger partial charge in [-0.15, -0.1) is 0 Å². The molecule has 3 aromatic carbocycles. The number of amides is 2. The number of anilines is 2. The number of carbonyl (C=O) groups is 2. The average Bonchev–Trinajstić information content (AvgIpc) is 2.77. The van der Waals surface area contributed by atoms with Crippen LogP contribution in [-0.2, 0) is 11.3 Å². The predicted octanol–water partition coefficient (Wildman–Crippen LogP) is 3.85. The highest BCUT2D eigenvalue weighted by atomic mass is 16.2. The van der Waals surface area contributed by atoms with Crippen molar-refractivity contribution >= 4 is 23.2 Å². The van der Waals surface area contributed by atoms with E-state index in [9.17, 15) is 9.59 Å². The Morgan fingerprint density at radius 1 is 0.933 bits per heavy atom. The van der Waals surface area contributed by atoms with Gasteiger partial charge in [0.1, 0.15) is 0 Å². The SMILES string of the molecule is Cc1ccc(C(=O)Nc2cccc(CNC(=O)CNc3ccc(C#N)cc3)c2)cc1. The maximum Gasteiger partial charge on any atom is 0.255 e. The molecular weight excluding hydrogens is 376 g/mol. The van der Waals surface area contributed by atoms with Gasteiger partial charge in [0.2, 0.25) is 5.91 Å². The number of nitrogens with zero attached hydrogens (tertiary/aromatic N) is 1. The molecular formula is C24H22N4O2. The lowest BCUT2D eigenvalue weighted by molar-refractivity contribution is -0.119. The zero-order valence-electron chi connectivity index (χ0n) is 16.6. The molecule has 3 rings (SSSR count). The lowest BCUT2D eigenvalue weighted by Crippen LogP contribution is -2.29. The second kappa shape index (κ2) is 9.89. The Bertz CT molecular complexity index is 1070. The molecule has 0 unspecified atom stereocenters. The first-order chi connectivity index (χ1) is 14.5. The van der Waals surface area contributed by atoms with Crippen molar-refractivity contribution in [1.82, 2.24) is 5.32 Å². The third kappa shape index (κ3) is 5.94. The first kappa shape index (κ1) is 20.6. The molecule has 0 saturated heterocycles. The van der Waals surface area contributed by atoms with Crippen LogP contribution in [0.25, 0.3) is 0 Å². The van der Waals surface area contributed by atoms with Crippen molar-refractivity contribution in [2.75, 3.05) is 17.2 Å². The van der Waals surface area contributed by atoms with Crippen LogP contribution in [-0.4, -0.2) is 18.4 Å². The minimum atomic E-state index is -0.178. The van der Waals surface area contributed by atoms with Crippen LogP contribution in [0.5, 0.6) is 0 Å². The largest absolute Gasteiger partial charge is 0.376 e. The van der Waals surface area contributed by atoms with Gasteiger partial charge in [0, 0.05) is 23.5 Å². The third-order valence-electron chi connectivity index (χ3n) is 4.46. The van der Waals surface area contributed by atoms with Crippen LogP contribution in [0.3, 0.4) is 0 Å². The quantitative estimate of drug-likeness (QED) is 0.563. The van der Waals surface area contributed by atoms with Crippen LogP contribution < -0.4 is 16.0 Å². The van der Waals surface area contributed by atoms with Gasteiger partial charge in [0.25, 0.3) is 5.91 Å². The zero-order valence-corrected chi connectivity index (χ0v) is 16.6. The third-order valence-corrected chi connectivity index (χ3v) is 4.46. The van der Waals surface area contributed by atoms with Gasteiger partial charge in [0.05, 0.1) is 18.2 Å². The van der Waals surface area contributed by atoms with Crippen molar-refractivity contribution in [3.8, 4) is 6.07 Å². The van der Waals surface area contributed by atoms with Crippen LogP contribution >= 0.6 is 0 Å². The summed E-state index contributed by atoms with van der Waals surface area (Å²) in [4.78, 5) is 24.4. The van der Waals surface area contributed by atoms with Gasteiger partial charge in [0.15, 0.2) is 0 Å². The molecule has 0 heterocycles. The number of rotatable bonds is 7. The fourth-order valence-electron chi connectivity index (χ4n) is 2.78. The molecule has 6 heteroatoms. The summed E-state index contributed by atoms with van der Waals surface area (Å²) in [6.45, 7) is 2.44. The summed E-state index contributed by atoms with van der Waals surface area (Å²) in [5.41, 5.74) is 4.57. The summed E-state index contributed by atoms with van der Waals surface area (Å²) in [5.74, 6) is -0.337. The van der Waals surface area contributed by atoms with E-state index in [4.69, 9.17) is 5.26 Å². The van der Waals surface area contributed by atoms with Crippen molar-refractivity contribution in [3.05, 3.63) is 95.1 Å². The Hall–Kier alpha value is -4.11. The number of hydrogen-bond acceptors (Lipinski definition) is 4. The average molecular weight is 398 g/mol. The van der Waals surface area contributed by atoms with Gasteiger partial charge in [-0.1, -0.05) is 29.8 Å². The van der Waals surface area contributed by atoms with Crippen molar-refractivity contribution in [2.24, 2.45) is 0 Å². The first-order valence-corrected chi connectivity index (χ1v) is 9.51. The van der Waals surface area contributed by atoms with Gasteiger partial charge >= 0.3 is 0 Å². The van der Waals surface area contributed by atoms with Crippen molar-refractivity contribution in [3.63, 3.8) is 0 Å². The monoisotopic (exact) mass is 398 g/mol. The number of hydrogen-bond donors (Lipinski definition) is 3. The number of benzene rings is 3. The molecule has 2 amide bonds. The minimum absolute atomic E-state index is 0.121. The number of nitrogens with one attached hydrogen (secondary N) is 3. The van der Waals surface area contributed by atoms with Crippen LogP contribution in [0.1, 0.15) is 27.0 Å². The van der Waals surface area contributed by atoms with Crippen LogP contribution in [0.15, 0.2) is 72.8 Å². The normalized spacial score (nSPS) is 10.0. The molecule has 0 atom stereocenters. The van der Waals surface area contributed by atoms with Crippen LogP contribution in [0, 0.1) is 18.3 Å². The molecule has 0 aliphatic carbocycles. The lowest BCUT2D eigenvalue weighted by atomic mass is 10.1. The minimum Gasteiger partial charge on any atom is -0.376 e. The summed E-state index contributed by atoms with van der Waals surface area (Å²) in [7, 11) is 0. The van der Waals surface area contributed by atoms with Crippen molar-refractivity contribution in [1.29, 1.82) is 5.26 Å². The fourth-order valence-corrected chi connectivity index (χ4v) is 2.78. The highest BCUT2D eigenvalue weighted by molar-refractivity contribution is 6.04. The van der Waals surface area contributed by atoms with Gasteiger partial charge in [-0.3, -0.25) is 9.59 Å². The van der Waals surface area contributed by atoms with E-state index in [-0.39, 0.29) is 18.4 Å². The van der Waals surface area contributed by atoms with Gasteiger partial charge in [-0.2, -0.15) is 5.26 Å². The summed E-state index contributed by atoms with van der Waals surface area (Å²) < 4.78 is 0. The lowest BCUT2D eigenvalue weighted by Gasteiger charge is -2.10. The zero-order chi connectivity index (χ0) is 21.3. The molecule has 150 valence electrons. The maximum absolute atomic E-state index is 12.4. The van der Waals surface area contributed by atoms with E-state index in [1.54, 1.807) is 36.4 Å². The van der Waals surface area contributed by atoms with E-state index in [1.165, 1.54) is 0 Å². The number of carbonyl (C=O) groups excluding carboxylic acids is 2. The smallest absolute Gasteiger partial charge is 0.255 e. The predicted molar refractivity (Wildman–Crippen MR) is 117 cm³/mol. The van der Waals surface area contributed by atoms with Gasteiger partial charge in [-0.25, -0.2) is 0 Å². The van der Waals surface area contributed by atoms with Crippen LogP contribution in [0.2, 0.25) is 0 Å². The summed E-state index contributed by atoms with van der Waals surface area (Å²) in [6.07, 6.45) is 0. The first-order valence-electron chi connectivity index (χ1n) is 9.51. The Balaban J connectivity index is 1.49. The maximum atomic E-state index is 12.4. The molecule has 0 spiro atoms. The Labute approximate surface area is 175 Å². The van der Waals surface area contributed by atoms with Crippen molar-refractivity contribution < 1.29 is 9.59 Å². The molecule has 0 bridgehead atoms. The fraction of sp³-hybridized carbons (Fsp3) is 0.125. The molecule has 3 N–H and O–H groups in total. The molecule has 0 saturated carbocycles. The highest BCUT2D eigenvalue weighted by Crippen LogP contribution is 2.13. The molecule has 0 fully saturated rings. The summed E-state index contributed by atoms with van der Waals surface area (Å²) >= 11 is 0. The standard InChI is InChI=1S/C24H22N4O2/c1-17-5-9-20(10-6-17)24(30)28-22-4-2-3-19(13-22)15-27-23(29)16-26-21-11-7-18(14-25)8-12-21/h2-13,26H,15-16H2,1H3,(H,27,29)(H,28,30). The van der Waals surface area contributed by atoms with E-state index < -0.39 is 0 Å². The van der Waals surface area contributed by atoms with E-state index in [2.05, 4.69) is 22.0 Å². The molecule has 6 nitrogen and oxygen atoms in total. The van der Waals surface area contributed by atoms with Gasteiger partial charge < -0.3 is 16.0 Å². The molecule has 3 aromatic rings. The Morgan fingerprint density at radius 2 is 1.67 bits per heavy atom. The van der Waals surface area contributed by atoms with Crippen LogP contribution in [0.4, 0.5) is 11.4 Å². The topological polar surface area (TPSA) is 94.0 Å². The van der Waals surface area contributed by atoms with E-state index >= 15 is 0 Å². The van der Waals surface area contributed by atoms with Crippen molar-refractivity contribution in [2.45, 2.75) is 13.5 Å². The molecule has 0 aromatic heterocycles. The highest BCUT2D eigenvalue weighted by Gasteiger charge is 2.07. The number of aryl methyl sites for hydroxylation is 1.